The third kappa shape index (κ3) is 5.84. The lowest BCUT2D eigenvalue weighted by Crippen LogP contribution is -2.48. The number of fused-ring (bicyclic) bond motifs is 3. The third-order valence-corrected chi connectivity index (χ3v) is 14.1. The summed E-state index contributed by atoms with van der Waals surface area (Å²) in [4.78, 5) is 4.82. The van der Waals surface area contributed by atoms with Gasteiger partial charge in [-0.05, 0) is 157 Å². The van der Waals surface area contributed by atoms with E-state index >= 15 is 0 Å². The van der Waals surface area contributed by atoms with Crippen LogP contribution in [0.15, 0.2) is 176 Å². The van der Waals surface area contributed by atoms with E-state index in [1.165, 1.54) is 81.2 Å². The highest BCUT2D eigenvalue weighted by Crippen LogP contribution is 2.61. The van der Waals surface area contributed by atoms with Crippen molar-refractivity contribution in [1.29, 1.82) is 0 Å². The fraction of sp³-hybridized carbons (Fsp3) is 0.192. The van der Waals surface area contributed by atoms with Crippen molar-refractivity contribution in [2.75, 3.05) is 9.80 Å². The molecule has 0 atom stereocenters. The Morgan fingerprint density at radius 2 is 0.855 bits per heavy atom. The zero-order chi connectivity index (χ0) is 36.3. The van der Waals surface area contributed by atoms with Gasteiger partial charge in [-0.25, -0.2) is 0 Å². The van der Waals surface area contributed by atoms with Gasteiger partial charge in [-0.15, -0.1) is 11.3 Å². The lowest BCUT2D eigenvalue weighted by Gasteiger charge is -2.57. The Kier molecular flexibility index (Phi) is 7.91. The van der Waals surface area contributed by atoms with Crippen LogP contribution in [0.5, 0.6) is 0 Å². The molecule has 0 amide bonds. The zero-order valence-electron chi connectivity index (χ0n) is 31.0. The summed E-state index contributed by atoms with van der Waals surface area (Å²) in [6.45, 7) is 0. The van der Waals surface area contributed by atoms with Crippen molar-refractivity contribution in [2.45, 2.75) is 43.9 Å². The van der Waals surface area contributed by atoms with Gasteiger partial charge in [0.15, 0.2) is 0 Å². The van der Waals surface area contributed by atoms with Gasteiger partial charge in [0.05, 0.1) is 0 Å². The highest BCUT2D eigenvalue weighted by molar-refractivity contribution is 7.25. The van der Waals surface area contributed by atoms with Gasteiger partial charge in [-0.1, -0.05) is 97.1 Å². The van der Waals surface area contributed by atoms with Crippen LogP contribution in [-0.4, -0.2) is 0 Å². The van der Waals surface area contributed by atoms with E-state index in [9.17, 15) is 0 Å². The first-order chi connectivity index (χ1) is 27.2. The van der Waals surface area contributed by atoms with Gasteiger partial charge >= 0.3 is 0 Å². The lowest BCUT2D eigenvalue weighted by molar-refractivity contribution is -0.00518. The second-order valence-electron chi connectivity index (χ2n) is 16.5. The first-order valence-electron chi connectivity index (χ1n) is 20.1. The van der Waals surface area contributed by atoms with Gasteiger partial charge in [0.1, 0.15) is 0 Å². The van der Waals surface area contributed by atoms with Gasteiger partial charge in [0.25, 0.3) is 0 Å². The second kappa shape index (κ2) is 13.3. The normalized spacial score (nSPS) is 21.3. The maximum absolute atomic E-state index is 2.47. The van der Waals surface area contributed by atoms with E-state index < -0.39 is 0 Å². The van der Waals surface area contributed by atoms with Crippen LogP contribution in [0.25, 0.3) is 31.3 Å². The molecule has 0 unspecified atom stereocenters. The van der Waals surface area contributed by atoms with E-state index in [-0.39, 0.29) is 0 Å². The van der Waals surface area contributed by atoms with Crippen molar-refractivity contribution in [1.82, 2.24) is 0 Å². The number of anilines is 6. The quantitative estimate of drug-likeness (QED) is 0.154. The van der Waals surface area contributed by atoms with Crippen LogP contribution in [0.3, 0.4) is 0 Å². The first kappa shape index (κ1) is 32.8. The van der Waals surface area contributed by atoms with Crippen molar-refractivity contribution in [2.24, 2.45) is 17.8 Å². The Balaban J connectivity index is 0.984. The molecule has 1 aromatic heterocycles. The van der Waals surface area contributed by atoms with Crippen molar-refractivity contribution < 1.29 is 0 Å². The lowest BCUT2D eigenvalue weighted by atomic mass is 9.48. The third-order valence-electron chi connectivity index (χ3n) is 13.0. The highest BCUT2D eigenvalue weighted by atomic mass is 32.1. The first-order valence-corrected chi connectivity index (χ1v) is 20.9. The Morgan fingerprint density at radius 1 is 0.382 bits per heavy atom. The summed E-state index contributed by atoms with van der Waals surface area (Å²) in [5.74, 6) is 2.83. The van der Waals surface area contributed by atoms with Gasteiger partial charge in [0.2, 0.25) is 0 Å². The Morgan fingerprint density at radius 3 is 1.53 bits per heavy atom. The summed E-state index contributed by atoms with van der Waals surface area (Å²) in [5, 5.41) is 2.63. The van der Waals surface area contributed by atoms with Gasteiger partial charge in [0, 0.05) is 54.3 Å². The van der Waals surface area contributed by atoms with E-state index in [2.05, 4.69) is 186 Å². The SMILES string of the molecule is c1ccc(-c2cccc(N(c3ccc(N(c4ccccc4)c4ccc(C56CC7CC(CC(C7)C5)C6)cc4)cc3)c3ccc4c(c3)sc3ccccc34)c2)cc1. The number of benzene rings is 7. The second-order valence-corrected chi connectivity index (χ2v) is 17.5. The van der Waals surface area contributed by atoms with Gasteiger partial charge < -0.3 is 9.80 Å². The summed E-state index contributed by atoms with van der Waals surface area (Å²) in [5.41, 5.74) is 11.3. The van der Waals surface area contributed by atoms with Crippen LogP contribution >= 0.6 is 11.3 Å². The number of hydrogen-bond donors (Lipinski definition) is 0. The van der Waals surface area contributed by atoms with E-state index in [0.29, 0.717) is 5.41 Å². The summed E-state index contributed by atoms with van der Waals surface area (Å²) in [6, 6.07) is 65.1. The molecule has 0 radical (unpaired) electrons. The minimum atomic E-state index is 0.395. The summed E-state index contributed by atoms with van der Waals surface area (Å²) in [6.07, 6.45) is 8.61. The van der Waals surface area contributed by atoms with Crippen molar-refractivity contribution in [3.63, 3.8) is 0 Å². The van der Waals surface area contributed by atoms with Crippen LogP contribution in [0.2, 0.25) is 0 Å². The molecule has 1 heterocycles. The van der Waals surface area contributed by atoms with E-state index in [4.69, 9.17) is 0 Å². The fourth-order valence-electron chi connectivity index (χ4n) is 11.0. The van der Waals surface area contributed by atoms with Gasteiger partial charge in [-0.2, -0.15) is 0 Å². The Bertz CT molecular complexity index is 2590. The van der Waals surface area contributed by atoms with Crippen LogP contribution in [0, 0.1) is 17.8 Å². The van der Waals surface area contributed by atoms with Crippen molar-refractivity contribution in [3.8, 4) is 11.1 Å². The van der Waals surface area contributed by atoms with Crippen LogP contribution in [0.4, 0.5) is 34.1 Å². The molecule has 4 aliphatic rings. The Labute approximate surface area is 328 Å². The molecule has 268 valence electrons. The van der Waals surface area contributed by atoms with E-state index in [1.54, 1.807) is 5.56 Å². The monoisotopic (exact) mass is 728 g/mol. The molecular weight excluding hydrogens is 685 g/mol. The standard InChI is InChI=1S/C52H44N2S/c1-3-10-39(11-4-1)40-12-9-15-46(31-40)54(47-26-27-49-48-16-7-8-17-50(48)55-51(49)32-47)45-24-22-44(23-25-45)53(42-13-5-2-6-14-42)43-20-18-41(19-21-43)52-33-36-28-37(34-52)30-38(29-36)35-52/h1-27,31-32,36-38H,28-30,33-35H2. The zero-order valence-corrected chi connectivity index (χ0v) is 31.8. The molecule has 55 heavy (non-hydrogen) atoms. The number of nitrogens with zero attached hydrogens (tertiary/aromatic N) is 2. The van der Waals surface area contributed by atoms with E-state index in [0.717, 1.165) is 40.5 Å². The molecule has 8 aromatic rings. The highest BCUT2D eigenvalue weighted by Gasteiger charge is 2.51. The molecule has 0 aliphatic heterocycles. The molecule has 2 nitrogen and oxygen atoms in total. The van der Waals surface area contributed by atoms with Gasteiger partial charge in [-0.3, -0.25) is 0 Å². The topological polar surface area (TPSA) is 6.48 Å². The van der Waals surface area contributed by atoms with Crippen molar-refractivity contribution in [3.05, 3.63) is 181 Å². The minimum absolute atomic E-state index is 0.395. The molecule has 4 saturated carbocycles. The molecule has 0 spiro atoms. The average Bonchev–Trinajstić information content (AvgIpc) is 3.60. The molecule has 0 saturated heterocycles. The predicted octanol–water partition coefficient (Wildman–Crippen LogP) is 15.1. The predicted molar refractivity (Wildman–Crippen MR) is 234 cm³/mol. The molecule has 4 aliphatic carbocycles. The molecule has 3 heteroatoms. The number of para-hydroxylation sites is 1. The number of rotatable bonds is 8. The van der Waals surface area contributed by atoms with Crippen LogP contribution in [0.1, 0.15) is 44.1 Å². The average molecular weight is 729 g/mol. The van der Waals surface area contributed by atoms with Crippen molar-refractivity contribution >= 4 is 65.6 Å². The summed E-state index contributed by atoms with van der Waals surface area (Å²) < 4.78 is 2.62. The fourth-order valence-corrected chi connectivity index (χ4v) is 12.1. The molecule has 0 N–H and O–H groups in total. The minimum Gasteiger partial charge on any atom is -0.311 e. The smallest absolute Gasteiger partial charge is 0.0476 e. The number of hydrogen-bond acceptors (Lipinski definition) is 3. The molecule has 7 aromatic carbocycles. The molecular formula is C52H44N2S. The van der Waals surface area contributed by atoms with Crippen LogP contribution < -0.4 is 9.80 Å². The van der Waals surface area contributed by atoms with Crippen LogP contribution in [-0.2, 0) is 5.41 Å². The summed E-state index contributed by atoms with van der Waals surface area (Å²) in [7, 11) is 0. The van der Waals surface area contributed by atoms with E-state index in [1.807, 2.05) is 11.3 Å². The molecule has 4 bridgehead atoms. The largest absolute Gasteiger partial charge is 0.311 e. The molecule has 12 rings (SSSR count). The molecule has 4 fully saturated rings. The maximum Gasteiger partial charge on any atom is 0.0476 e. The Hall–Kier alpha value is -5.64. The summed E-state index contributed by atoms with van der Waals surface area (Å²) >= 11 is 1.87. The maximum atomic E-state index is 2.47. The number of thiophene rings is 1.